The highest BCUT2D eigenvalue weighted by molar-refractivity contribution is 8.18. The van der Waals surface area contributed by atoms with Crippen LogP contribution in [-0.4, -0.2) is 37.2 Å². The largest absolute Gasteiger partial charge is 0.493 e. The van der Waals surface area contributed by atoms with Gasteiger partial charge < -0.3 is 9.47 Å². The number of carbonyl (C=O) groups is 1. The number of amides is 1. The molecule has 0 radical (unpaired) electrons. The second kappa shape index (κ2) is 9.67. The monoisotopic (exact) mass is 422 g/mol. The number of para-hydroxylation sites is 1. The van der Waals surface area contributed by atoms with Crippen molar-refractivity contribution in [1.29, 1.82) is 0 Å². The van der Waals surface area contributed by atoms with Gasteiger partial charge in [-0.2, -0.15) is 0 Å². The van der Waals surface area contributed by atoms with Crippen molar-refractivity contribution in [2.45, 2.75) is 19.8 Å². The number of thioether (sulfide) groups is 1. The summed E-state index contributed by atoms with van der Waals surface area (Å²) in [5.41, 5.74) is 3.86. The zero-order valence-corrected chi connectivity index (χ0v) is 18.6. The Labute approximate surface area is 182 Å². The summed E-state index contributed by atoms with van der Waals surface area (Å²) in [5, 5.41) is 0.666. The van der Waals surface area contributed by atoms with Crippen LogP contribution in [0.3, 0.4) is 0 Å². The van der Waals surface area contributed by atoms with Gasteiger partial charge in [-0.15, -0.1) is 6.58 Å². The van der Waals surface area contributed by atoms with Crippen molar-refractivity contribution in [2.24, 2.45) is 4.99 Å². The number of carbonyl (C=O) groups excluding carboxylic acids is 1. The van der Waals surface area contributed by atoms with Gasteiger partial charge in [0, 0.05) is 12.6 Å². The van der Waals surface area contributed by atoms with Crippen LogP contribution in [0.1, 0.15) is 23.6 Å². The quantitative estimate of drug-likeness (QED) is 0.453. The van der Waals surface area contributed by atoms with E-state index < -0.39 is 0 Å². The topological polar surface area (TPSA) is 51.1 Å². The molecule has 1 amide bonds. The van der Waals surface area contributed by atoms with E-state index in [9.17, 15) is 4.79 Å². The molecule has 0 N–H and O–H groups in total. The van der Waals surface area contributed by atoms with E-state index in [1.54, 1.807) is 26.2 Å². The van der Waals surface area contributed by atoms with E-state index in [1.807, 2.05) is 42.5 Å². The van der Waals surface area contributed by atoms with Gasteiger partial charge >= 0.3 is 0 Å². The third-order valence-corrected chi connectivity index (χ3v) is 5.89. The highest BCUT2D eigenvalue weighted by Gasteiger charge is 2.30. The average Bonchev–Trinajstić information content (AvgIpc) is 3.01. The van der Waals surface area contributed by atoms with Gasteiger partial charge in [-0.25, -0.2) is 4.99 Å². The maximum absolute atomic E-state index is 12.8. The number of rotatable bonds is 7. The van der Waals surface area contributed by atoms with Crippen LogP contribution >= 0.6 is 11.8 Å². The molecule has 1 aliphatic rings. The smallest absolute Gasteiger partial charge is 0.266 e. The summed E-state index contributed by atoms with van der Waals surface area (Å²) in [6.45, 7) is 5.91. The molecule has 2 aromatic carbocycles. The van der Waals surface area contributed by atoms with Crippen molar-refractivity contribution in [3.8, 4) is 11.5 Å². The van der Waals surface area contributed by atoms with E-state index in [1.165, 1.54) is 11.8 Å². The van der Waals surface area contributed by atoms with Gasteiger partial charge in [-0.05, 0) is 60.0 Å². The van der Waals surface area contributed by atoms with Gasteiger partial charge in [0.15, 0.2) is 16.7 Å². The molecule has 0 bridgehead atoms. The summed E-state index contributed by atoms with van der Waals surface area (Å²) in [6.07, 6.45) is 5.20. The van der Waals surface area contributed by atoms with Crippen molar-refractivity contribution in [1.82, 2.24) is 4.90 Å². The molecule has 156 valence electrons. The minimum Gasteiger partial charge on any atom is -0.493 e. The molecule has 2 aromatic rings. The predicted molar refractivity (Wildman–Crippen MR) is 125 cm³/mol. The number of ether oxygens (including phenoxy) is 2. The van der Waals surface area contributed by atoms with Crippen molar-refractivity contribution < 1.29 is 14.3 Å². The molecule has 6 heteroatoms. The second-order valence-corrected chi connectivity index (χ2v) is 7.77. The van der Waals surface area contributed by atoms with Crippen LogP contribution in [0.2, 0.25) is 0 Å². The second-order valence-electron chi connectivity index (χ2n) is 6.76. The lowest BCUT2D eigenvalue weighted by atomic mass is 10.0. The fourth-order valence-electron chi connectivity index (χ4n) is 3.28. The van der Waals surface area contributed by atoms with Crippen LogP contribution < -0.4 is 9.47 Å². The first-order chi connectivity index (χ1) is 14.5. The summed E-state index contributed by atoms with van der Waals surface area (Å²) >= 11 is 1.37. The third-order valence-electron chi connectivity index (χ3n) is 4.83. The molecule has 0 unspecified atom stereocenters. The lowest BCUT2D eigenvalue weighted by molar-refractivity contribution is -0.121. The van der Waals surface area contributed by atoms with Crippen LogP contribution in [0.4, 0.5) is 5.69 Å². The fourth-order valence-corrected chi connectivity index (χ4v) is 4.26. The summed E-state index contributed by atoms with van der Waals surface area (Å²) < 4.78 is 11.0. The summed E-state index contributed by atoms with van der Waals surface area (Å²) in [5.74, 6) is 1.23. The Hall–Kier alpha value is -2.99. The van der Waals surface area contributed by atoms with Gasteiger partial charge in [0.2, 0.25) is 0 Å². The zero-order valence-electron chi connectivity index (χ0n) is 17.8. The number of allylic oxidation sites excluding steroid dienone is 1. The van der Waals surface area contributed by atoms with Crippen molar-refractivity contribution >= 4 is 34.6 Å². The number of nitrogens with zero attached hydrogens (tertiary/aromatic N) is 2. The number of aliphatic imine (C=N–C) groups is 1. The molecular weight excluding hydrogens is 396 g/mol. The van der Waals surface area contributed by atoms with Crippen molar-refractivity contribution in [2.75, 3.05) is 21.3 Å². The fraction of sp³-hybridized carbons (Fsp3) is 0.250. The Bertz CT molecular complexity index is 1030. The molecule has 1 saturated heterocycles. The van der Waals surface area contributed by atoms with Crippen molar-refractivity contribution in [3.63, 3.8) is 0 Å². The Kier molecular flexibility index (Phi) is 7.00. The highest BCUT2D eigenvalue weighted by atomic mass is 32.2. The molecule has 0 aromatic heterocycles. The number of benzene rings is 2. The molecule has 5 nitrogen and oxygen atoms in total. The molecule has 1 fully saturated rings. The van der Waals surface area contributed by atoms with Crippen LogP contribution in [0.15, 0.2) is 59.0 Å². The maximum Gasteiger partial charge on any atom is 0.266 e. The summed E-state index contributed by atoms with van der Waals surface area (Å²) in [7, 11) is 4.97. The van der Waals surface area contributed by atoms with Gasteiger partial charge in [0.25, 0.3) is 5.91 Å². The lowest BCUT2D eigenvalue weighted by Crippen LogP contribution is -2.23. The molecule has 0 atom stereocenters. The Morgan fingerprint density at radius 3 is 2.60 bits per heavy atom. The molecular formula is C24H26N2O3S. The Balaban J connectivity index is 1.98. The van der Waals surface area contributed by atoms with E-state index in [4.69, 9.17) is 14.5 Å². The van der Waals surface area contributed by atoms with Crippen molar-refractivity contribution in [3.05, 3.63) is 70.6 Å². The number of hydrogen-bond acceptors (Lipinski definition) is 5. The zero-order chi connectivity index (χ0) is 21.7. The first-order valence-electron chi connectivity index (χ1n) is 9.72. The van der Waals surface area contributed by atoms with E-state index >= 15 is 0 Å². The SMILES string of the molecule is C=CCc1cc(/C=C2/SC(=Nc3ccccc3CC)N(C)C2=O)cc(OC)c1OC. The molecule has 0 aliphatic carbocycles. The first kappa shape index (κ1) is 21.7. The van der Waals surface area contributed by atoms with Crippen LogP contribution in [0.25, 0.3) is 6.08 Å². The van der Waals surface area contributed by atoms with Gasteiger partial charge in [-0.3, -0.25) is 9.69 Å². The number of aryl methyl sites for hydroxylation is 1. The van der Waals surface area contributed by atoms with Gasteiger partial charge in [0.05, 0.1) is 24.8 Å². The van der Waals surface area contributed by atoms with Crippen LogP contribution in [-0.2, 0) is 17.6 Å². The van der Waals surface area contributed by atoms with Crippen LogP contribution in [0.5, 0.6) is 11.5 Å². The highest BCUT2D eigenvalue weighted by Crippen LogP contribution is 2.37. The normalized spacial score (nSPS) is 16.4. The minimum absolute atomic E-state index is 0.0761. The van der Waals surface area contributed by atoms with E-state index in [-0.39, 0.29) is 5.91 Å². The molecule has 0 spiro atoms. The molecule has 3 rings (SSSR count). The Morgan fingerprint density at radius 2 is 1.93 bits per heavy atom. The third kappa shape index (κ3) is 4.44. The standard InChI is InChI=1S/C24H26N2O3S/c1-6-10-18-13-16(14-20(28-4)22(18)29-5)15-21-23(27)26(3)24(30-21)25-19-12-9-8-11-17(19)7-2/h6,8-9,11-15H,1,7,10H2,2-5H3/b21-15+,25-24?. The molecule has 1 heterocycles. The van der Waals surface area contributed by atoms with E-state index in [2.05, 4.69) is 19.6 Å². The number of methoxy groups -OCH3 is 2. The number of hydrogen-bond donors (Lipinski definition) is 0. The van der Waals surface area contributed by atoms with Crippen LogP contribution in [0, 0.1) is 0 Å². The Morgan fingerprint density at radius 1 is 1.17 bits per heavy atom. The molecule has 1 aliphatic heterocycles. The van der Waals surface area contributed by atoms with E-state index in [0.29, 0.717) is 28.0 Å². The van der Waals surface area contributed by atoms with Gasteiger partial charge in [0.1, 0.15) is 0 Å². The van der Waals surface area contributed by atoms with Gasteiger partial charge in [-0.1, -0.05) is 31.2 Å². The molecule has 0 saturated carbocycles. The number of likely N-dealkylation sites (N-methyl/N-ethyl adjacent to an activating group) is 1. The summed E-state index contributed by atoms with van der Waals surface area (Å²) in [6, 6.07) is 11.9. The minimum atomic E-state index is -0.0761. The predicted octanol–water partition coefficient (Wildman–Crippen LogP) is 5.23. The summed E-state index contributed by atoms with van der Waals surface area (Å²) in [4.78, 5) is 19.8. The van der Waals surface area contributed by atoms with E-state index in [0.717, 1.165) is 28.8 Å². The maximum atomic E-state index is 12.8. The number of amidine groups is 1. The average molecular weight is 423 g/mol. The molecule has 30 heavy (non-hydrogen) atoms. The lowest BCUT2D eigenvalue weighted by Gasteiger charge is -2.13. The first-order valence-corrected chi connectivity index (χ1v) is 10.5.